The molecular formula is C23H22N2O8S. The van der Waals surface area contributed by atoms with Gasteiger partial charge in [0.15, 0.2) is 27.1 Å². The fourth-order valence-corrected chi connectivity index (χ4v) is 4.52. The maximum atomic E-state index is 12.7. The molecule has 0 N–H and O–H groups in total. The Hall–Kier alpha value is -3.99. The average Bonchev–Trinajstić information content (AvgIpc) is 3.52. The van der Waals surface area contributed by atoms with E-state index in [9.17, 15) is 8.42 Å². The van der Waals surface area contributed by atoms with Gasteiger partial charge >= 0.3 is 0 Å². The molecule has 0 aliphatic carbocycles. The lowest BCUT2D eigenvalue weighted by Crippen LogP contribution is -2.04. The summed E-state index contributed by atoms with van der Waals surface area (Å²) < 4.78 is 57.6. The molecule has 0 aliphatic rings. The maximum Gasteiger partial charge on any atom is 0.293 e. The van der Waals surface area contributed by atoms with Gasteiger partial charge in [0.1, 0.15) is 17.3 Å². The second kappa shape index (κ2) is 9.48. The summed E-state index contributed by atoms with van der Waals surface area (Å²) in [5.74, 6) is 2.39. The van der Waals surface area contributed by atoms with Crippen LogP contribution in [-0.4, -0.2) is 47.0 Å². The molecule has 4 aromatic rings. The van der Waals surface area contributed by atoms with Gasteiger partial charge in [-0.1, -0.05) is 5.16 Å². The van der Waals surface area contributed by atoms with Crippen LogP contribution in [0.15, 0.2) is 62.4 Å². The zero-order valence-corrected chi connectivity index (χ0v) is 19.7. The minimum Gasteiger partial charge on any atom is -0.497 e. The van der Waals surface area contributed by atoms with E-state index in [0.29, 0.717) is 28.6 Å². The minimum atomic E-state index is -3.62. The number of hydrogen-bond acceptors (Lipinski definition) is 10. The van der Waals surface area contributed by atoms with Crippen LogP contribution >= 0.6 is 0 Å². The van der Waals surface area contributed by atoms with Gasteiger partial charge in [-0.2, -0.15) is 4.98 Å². The SMILES string of the molecule is COc1ccc(S(=O)(=O)Cc2ccc(-c3nc(-c4cc(OC)c(OC)c(OC)c4)no3)o2)cc1. The third-order valence-electron chi connectivity index (χ3n) is 4.97. The fourth-order valence-electron chi connectivity index (χ4n) is 3.28. The van der Waals surface area contributed by atoms with Gasteiger partial charge in [0.05, 0.1) is 33.3 Å². The molecular weight excluding hydrogens is 464 g/mol. The average molecular weight is 487 g/mol. The highest BCUT2D eigenvalue weighted by molar-refractivity contribution is 7.90. The molecule has 0 bridgehead atoms. The Morgan fingerprint density at radius 3 is 2.12 bits per heavy atom. The Morgan fingerprint density at radius 1 is 0.853 bits per heavy atom. The van der Waals surface area contributed by atoms with E-state index in [1.54, 1.807) is 36.4 Å². The van der Waals surface area contributed by atoms with Crippen LogP contribution in [0.25, 0.3) is 23.0 Å². The molecule has 178 valence electrons. The highest BCUT2D eigenvalue weighted by Gasteiger charge is 2.21. The Morgan fingerprint density at radius 2 is 1.53 bits per heavy atom. The third-order valence-corrected chi connectivity index (χ3v) is 6.63. The molecule has 0 saturated heterocycles. The Bertz CT molecular complexity index is 1370. The van der Waals surface area contributed by atoms with Crippen molar-refractivity contribution in [2.75, 3.05) is 28.4 Å². The lowest BCUT2D eigenvalue weighted by molar-refractivity contribution is 0.324. The first kappa shape index (κ1) is 23.2. The van der Waals surface area contributed by atoms with Crippen molar-refractivity contribution in [3.05, 3.63) is 54.3 Å². The lowest BCUT2D eigenvalue weighted by atomic mass is 10.1. The first-order valence-electron chi connectivity index (χ1n) is 9.98. The highest BCUT2D eigenvalue weighted by Crippen LogP contribution is 2.41. The van der Waals surface area contributed by atoms with E-state index >= 15 is 0 Å². The van der Waals surface area contributed by atoms with E-state index in [1.165, 1.54) is 40.6 Å². The summed E-state index contributed by atoms with van der Waals surface area (Å²) >= 11 is 0. The van der Waals surface area contributed by atoms with Crippen molar-refractivity contribution < 1.29 is 36.3 Å². The van der Waals surface area contributed by atoms with Crippen molar-refractivity contribution >= 4 is 9.84 Å². The molecule has 2 aromatic heterocycles. The van der Waals surface area contributed by atoms with Gasteiger partial charge < -0.3 is 27.9 Å². The number of furan rings is 1. The molecule has 10 nitrogen and oxygen atoms in total. The van der Waals surface area contributed by atoms with Crippen LogP contribution in [0.4, 0.5) is 0 Å². The molecule has 2 aromatic carbocycles. The zero-order chi connectivity index (χ0) is 24.3. The van der Waals surface area contributed by atoms with E-state index < -0.39 is 9.84 Å². The zero-order valence-electron chi connectivity index (χ0n) is 18.9. The van der Waals surface area contributed by atoms with Crippen molar-refractivity contribution in [3.63, 3.8) is 0 Å². The van der Waals surface area contributed by atoms with Crippen molar-refractivity contribution in [3.8, 4) is 46.0 Å². The van der Waals surface area contributed by atoms with E-state index in [-0.39, 0.29) is 33.9 Å². The molecule has 34 heavy (non-hydrogen) atoms. The molecule has 11 heteroatoms. The fraction of sp³-hybridized carbons (Fsp3) is 0.217. The number of benzene rings is 2. The summed E-state index contributed by atoms with van der Waals surface area (Å²) in [7, 11) is 2.41. The number of ether oxygens (including phenoxy) is 4. The summed E-state index contributed by atoms with van der Waals surface area (Å²) in [6.07, 6.45) is 0. The van der Waals surface area contributed by atoms with Gasteiger partial charge in [0.2, 0.25) is 11.6 Å². The molecule has 0 spiro atoms. The molecule has 0 saturated carbocycles. The Labute approximate surface area is 195 Å². The quantitative estimate of drug-likeness (QED) is 0.343. The number of methoxy groups -OCH3 is 4. The van der Waals surface area contributed by atoms with Gasteiger partial charge in [-0.25, -0.2) is 8.42 Å². The van der Waals surface area contributed by atoms with Crippen molar-refractivity contribution in [1.82, 2.24) is 10.1 Å². The first-order valence-corrected chi connectivity index (χ1v) is 11.6. The van der Waals surface area contributed by atoms with Crippen LogP contribution in [0, 0.1) is 0 Å². The summed E-state index contributed by atoms with van der Waals surface area (Å²) in [4.78, 5) is 4.52. The number of hydrogen-bond donors (Lipinski definition) is 0. The van der Waals surface area contributed by atoms with Gasteiger partial charge in [-0.3, -0.25) is 0 Å². The molecule has 0 aliphatic heterocycles. The number of sulfone groups is 1. The van der Waals surface area contributed by atoms with Crippen LogP contribution in [0.3, 0.4) is 0 Å². The van der Waals surface area contributed by atoms with Crippen LogP contribution in [0.5, 0.6) is 23.0 Å². The topological polar surface area (TPSA) is 123 Å². The molecule has 0 amide bonds. The largest absolute Gasteiger partial charge is 0.497 e. The summed E-state index contributed by atoms with van der Waals surface area (Å²) in [6, 6.07) is 12.6. The minimum absolute atomic E-state index is 0.0943. The smallest absolute Gasteiger partial charge is 0.293 e. The van der Waals surface area contributed by atoms with Gasteiger partial charge in [0.25, 0.3) is 5.89 Å². The number of rotatable bonds is 9. The normalized spacial score (nSPS) is 11.3. The lowest BCUT2D eigenvalue weighted by Gasteiger charge is -2.12. The van der Waals surface area contributed by atoms with Gasteiger partial charge in [-0.15, -0.1) is 0 Å². The van der Waals surface area contributed by atoms with E-state index in [2.05, 4.69) is 10.1 Å². The van der Waals surface area contributed by atoms with Crippen LogP contribution in [0.1, 0.15) is 5.76 Å². The van der Waals surface area contributed by atoms with Crippen LogP contribution in [0.2, 0.25) is 0 Å². The summed E-state index contributed by atoms with van der Waals surface area (Å²) in [5, 5.41) is 3.99. The molecule has 0 radical (unpaired) electrons. The van der Waals surface area contributed by atoms with Gasteiger partial charge in [-0.05, 0) is 48.5 Å². The van der Waals surface area contributed by atoms with Crippen molar-refractivity contribution in [1.29, 1.82) is 0 Å². The van der Waals surface area contributed by atoms with Crippen LogP contribution in [-0.2, 0) is 15.6 Å². The second-order valence-electron chi connectivity index (χ2n) is 7.04. The Kier molecular flexibility index (Phi) is 6.46. The van der Waals surface area contributed by atoms with E-state index in [1.807, 2.05) is 0 Å². The standard InChI is InChI=1S/C23H22N2O8S/c1-28-15-5-8-17(9-6-15)34(26,27)13-16-7-10-18(32-16)23-24-22(25-33-23)14-11-19(29-2)21(31-4)20(12-14)30-3/h5-12H,13H2,1-4H3. The number of aromatic nitrogens is 2. The monoisotopic (exact) mass is 486 g/mol. The molecule has 0 fully saturated rings. The van der Waals surface area contributed by atoms with E-state index in [0.717, 1.165) is 0 Å². The molecule has 2 heterocycles. The molecule has 0 atom stereocenters. The van der Waals surface area contributed by atoms with Crippen molar-refractivity contribution in [2.24, 2.45) is 0 Å². The summed E-state index contributed by atoms with van der Waals surface area (Å²) in [5.41, 5.74) is 0.568. The third kappa shape index (κ3) is 4.55. The van der Waals surface area contributed by atoms with E-state index in [4.69, 9.17) is 27.9 Å². The predicted octanol–water partition coefficient (Wildman–Crippen LogP) is 4.00. The van der Waals surface area contributed by atoms with Gasteiger partial charge in [0, 0.05) is 5.56 Å². The highest BCUT2D eigenvalue weighted by atomic mass is 32.2. The Balaban J connectivity index is 1.57. The molecule has 0 unspecified atom stereocenters. The first-order chi connectivity index (χ1) is 16.4. The van der Waals surface area contributed by atoms with Crippen molar-refractivity contribution in [2.45, 2.75) is 10.6 Å². The molecule has 4 rings (SSSR count). The predicted molar refractivity (Wildman–Crippen MR) is 121 cm³/mol. The second-order valence-corrected chi connectivity index (χ2v) is 9.03. The summed E-state index contributed by atoms with van der Waals surface area (Å²) in [6.45, 7) is 0. The van der Waals surface area contributed by atoms with Crippen LogP contribution < -0.4 is 18.9 Å². The maximum absolute atomic E-state index is 12.7. The number of nitrogens with zero attached hydrogens (tertiary/aromatic N) is 2.